The molecule has 0 saturated heterocycles. The number of aromatic amines is 1. The van der Waals surface area contributed by atoms with E-state index in [4.69, 9.17) is 0 Å². The summed E-state index contributed by atoms with van der Waals surface area (Å²) in [6, 6.07) is 5.35. The number of aromatic hydroxyl groups is 1. The van der Waals surface area contributed by atoms with E-state index in [1.807, 2.05) is 0 Å². The Hall–Kier alpha value is -1.82. The molecule has 4 nitrogen and oxygen atoms in total. The predicted octanol–water partition coefficient (Wildman–Crippen LogP) is 2.92. The van der Waals surface area contributed by atoms with E-state index in [-0.39, 0.29) is 11.4 Å². The summed E-state index contributed by atoms with van der Waals surface area (Å²) >= 11 is 1.63. The lowest BCUT2D eigenvalue weighted by Crippen LogP contribution is -2.13. The minimum Gasteiger partial charge on any atom is -0.493 e. The summed E-state index contributed by atoms with van der Waals surface area (Å²) in [6.07, 6.45) is 1.04. The molecule has 20 heavy (non-hydrogen) atoms. The highest BCUT2D eigenvalue weighted by atomic mass is 32.2. The van der Waals surface area contributed by atoms with Gasteiger partial charge in [-0.3, -0.25) is 4.79 Å². The summed E-state index contributed by atoms with van der Waals surface area (Å²) in [4.78, 5) is 18.7. The molecule has 0 saturated carbocycles. The number of nitrogens with zero attached hydrogens (tertiary/aromatic N) is 1. The largest absolute Gasteiger partial charge is 0.493 e. The summed E-state index contributed by atoms with van der Waals surface area (Å²) in [7, 11) is 0. The minimum absolute atomic E-state index is 0.0641. The van der Waals surface area contributed by atoms with Gasteiger partial charge in [0.25, 0.3) is 5.56 Å². The molecule has 1 heterocycles. The number of hydrogen-bond acceptors (Lipinski definition) is 4. The summed E-state index contributed by atoms with van der Waals surface area (Å²) in [5, 5.41) is 9.92. The first-order valence-corrected chi connectivity index (χ1v) is 7.43. The molecule has 0 aliphatic heterocycles. The van der Waals surface area contributed by atoms with E-state index in [0.29, 0.717) is 17.1 Å². The third-order valence-electron chi connectivity index (χ3n) is 2.67. The minimum atomic E-state index is -0.420. The second-order valence-electron chi connectivity index (χ2n) is 4.27. The standard InChI is InChI=1S/C14H15FN2O2S/c1-2-7-20-8-11-16-13(18)12(14(19)17-11)9-3-5-10(15)6-4-9/h3-6H,2,7-8H2,1H3,(H2,16,17,18,19). The Morgan fingerprint density at radius 2 is 2.05 bits per heavy atom. The molecule has 1 aromatic heterocycles. The first-order valence-electron chi connectivity index (χ1n) is 6.27. The summed E-state index contributed by atoms with van der Waals surface area (Å²) in [6.45, 7) is 2.07. The van der Waals surface area contributed by atoms with Crippen LogP contribution in [0.3, 0.4) is 0 Å². The average molecular weight is 294 g/mol. The van der Waals surface area contributed by atoms with Crippen LogP contribution < -0.4 is 5.56 Å². The molecule has 6 heteroatoms. The van der Waals surface area contributed by atoms with Gasteiger partial charge >= 0.3 is 0 Å². The molecule has 0 radical (unpaired) electrons. The van der Waals surface area contributed by atoms with Crippen molar-refractivity contribution in [2.45, 2.75) is 19.1 Å². The highest BCUT2D eigenvalue weighted by Gasteiger charge is 2.13. The fourth-order valence-corrected chi connectivity index (χ4v) is 2.53. The quantitative estimate of drug-likeness (QED) is 0.832. The first kappa shape index (κ1) is 14.6. The Morgan fingerprint density at radius 3 is 2.65 bits per heavy atom. The van der Waals surface area contributed by atoms with Gasteiger partial charge in [0.2, 0.25) is 5.88 Å². The molecular formula is C14H15FN2O2S. The molecule has 0 bridgehead atoms. The molecular weight excluding hydrogens is 279 g/mol. The maximum Gasteiger partial charge on any atom is 0.262 e. The molecule has 0 amide bonds. The van der Waals surface area contributed by atoms with Crippen LogP contribution >= 0.6 is 11.8 Å². The number of aromatic nitrogens is 2. The zero-order chi connectivity index (χ0) is 14.5. The maximum absolute atomic E-state index is 12.9. The summed E-state index contributed by atoms with van der Waals surface area (Å²) < 4.78 is 12.9. The molecule has 2 rings (SSSR count). The Balaban J connectivity index is 2.31. The molecule has 0 spiro atoms. The molecule has 0 fully saturated rings. The van der Waals surface area contributed by atoms with Crippen LogP contribution in [0, 0.1) is 5.82 Å². The van der Waals surface area contributed by atoms with Crippen LogP contribution in [0.1, 0.15) is 19.2 Å². The van der Waals surface area contributed by atoms with E-state index in [9.17, 15) is 14.3 Å². The van der Waals surface area contributed by atoms with Crippen LogP contribution in [-0.4, -0.2) is 20.8 Å². The van der Waals surface area contributed by atoms with Crippen molar-refractivity contribution in [3.05, 3.63) is 46.3 Å². The van der Waals surface area contributed by atoms with E-state index >= 15 is 0 Å². The van der Waals surface area contributed by atoms with Crippen LogP contribution in [0.2, 0.25) is 0 Å². The van der Waals surface area contributed by atoms with Gasteiger partial charge in [-0.05, 0) is 29.9 Å². The summed E-state index contributed by atoms with van der Waals surface area (Å²) in [5.41, 5.74) is 0.0795. The fourth-order valence-electron chi connectivity index (χ4n) is 1.77. The fraction of sp³-hybridized carbons (Fsp3) is 0.286. The lowest BCUT2D eigenvalue weighted by molar-refractivity contribution is 0.451. The van der Waals surface area contributed by atoms with Gasteiger partial charge in [-0.2, -0.15) is 16.7 Å². The van der Waals surface area contributed by atoms with Crippen LogP contribution in [0.5, 0.6) is 5.88 Å². The Kier molecular flexibility index (Phi) is 4.79. The van der Waals surface area contributed by atoms with Crippen molar-refractivity contribution in [1.29, 1.82) is 0 Å². The van der Waals surface area contributed by atoms with Gasteiger partial charge < -0.3 is 10.1 Å². The number of hydrogen-bond donors (Lipinski definition) is 2. The van der Waals surface area contributed by atoms with Crippen LogP contribution in [0.15, 0.2) is 29.1 Å². The van der Waals surface area contributed by atoms with Crippen molar-refractivity contribution in [3.63, 3.8) is 0 Å². The number of nitrogens with one attached hydrogen (secondary N) is 1. The normalized spacial score (nSPS) is 10.7. The number of benzene rings is 1. The molecule has 2 N–H and O–H groups in total. The topological polar surface area (TPSA) is 66.0 Å². The Bertz CT molecular complexity index is 641. The smallest absolute Gasteiger partial charge is 0.262 e. The van der Waals surface area contributed by atoms with Gasteiger partial charge in [0.1, 0.15) is 17.2 Å². The van der Waals surface area contributed by atoms with Gasteiger partial charge in [-0.1, -0.05) is 19.1 Å². The number of halogens is 1. The lowest BCUT2D eigenvalue weighted by Gasteiger charge is -2.06. The average Bonchev–Trinajstić information content (AvgIpc) is 2.40. The highest BCUT2D eigenvalue weighted by Crippen LogP contribution is 2.24. The van der Waals surface area contributed by atoms with Crippen molar-refractivity contribution in [1.82, 2.24) is 9.97 Å². The Morgan fingerprint density at radius 1 is 1.35 bits per heavy atom. The van der Waals surface area contributed by atoms with Crippen LogP contribution in [0.25, 0.3) is 11.1 Å². The number of H-pyrrole nitrogens is 1. The van der Waals surface area contributed by atoms with E-state index in [2.05, 4.69) is 16.9 Å². The van der Waals surface area contributed by atoms with Crippen LogP contribution in [-0.2, 0) is 5.75 Å². The molecule has 0 aliphatic carbocycles. The predicted molar refractivity (Wildman–Crippen MR) is 78.4 cm³/mol. The molecule has 0 atom stereocenters. The zero-order valence-electron chi connectivity index (χ0n) is 11.0. The second kappa shape index (κ2) is 6.56. The molecule has 106 valence electrons. The molecule has 0 aliphatic rings. The van der Waals surface area contributed by atoms with E-state index in [1.165, 1.54) is 24.3 Å². The monoisotopic (exact) mass is 294 g/mol. The van der Waals surface area contributed by atoms with E-state index in [1.54, 1.807) is 11.8 Å². The number of thioether (sulfide) groups is 1. The van der Waals surface area contributed by atoms with Gasteiger partial charge in [0.05, 0.1) is 5.75 Å². The molecule has 0 unspecified atom stereocenters. The SMILES string of the molecule is CCCSCc1nc(O)c(-c2ccc(F)cc2)c(=O)[nH]1. The highest BCUT2D eigenvalue weighted by molar-refractivity contribution is 7.98. The number of rotatable bonds is 5. The van der Waals surface area contributed by atoms with Crippen molar-refractivity contribution in [3.8, 4) is 17.0 Å². The second-order valence-corrected chi connectivity index (χ2v) is 5.38. The van der Waals surface area contributed by atoms with Crippen molar-refractivity contribution >= 4 is 11.8 Å². The Labute approximate surface area is 120 Å². The maximum atomic E-state index is 12.9. The zero-order valence-corrected chi connectivity index (χ0v) is 11.8. The van der Waals surface area contributed by atoms with Gasteiger partial charge in [-0.15, -0.1) is 0 Å². The van der Waals surface area contributed by atoms with Crippen LogP contribution in [0.4, 0.5) is 4.39 Å². The van der Waals surface area contributed by atoms with Gasteiger partial charge in [0, 0.05) is 0 Å². The molecule has 2 aromatic rings. The molecule has 1 aromatic carbocycles. The third kappa shape index (κ3) is 3.39. The third-order valence-corrected chi connectivity index (χ3v) is 3.84. The van der Waals surface area contributed by atoms with Gasteiger partial charge in [-0.25, -0.2) is 4.39 Å². The van der Waals surface area contributed by atoms with Crippen molar-refractivity contribution in [2.24, 2.45) is 0 Å². The first-order chi connectivity index (χ1) is 9.61. The lowest BCUT2D eigenvalue weighted by atomic mass is 10.1. The van der Waals surface area contributed by atoms with Crippen molar-refractivity contribution in [2.75, 3.05) is 5.75 Å². The summed E-state index contributed by atoms with van der Waals surface area (Å²) in [5.74, 6) is 1.22. The van der Waals surface area contributed by atoms with Gasteiger partial charge in [0.15, 0.2) is 0 Å². The van der Waals surface area contributed by atoms with E-state index < -0.39 is 11.4 Å². The van der Waals surface area contributed by atoms with Crippen molar-refractivity contribution < 1.29 is 9.50 Å². The van der Waals surface area contributed by atoms with E-state index in [0.717, 1.165) is 12.2 Å².